The number of nitrogens with zero attached hydrogens (tertiary/aromatic N) is 1. The van der Waals surface area contributed by atoms with Crippen LogP contribution in [0.2, 0.25) is 0 Å². The second-order valence-corrected chi connectivity index (χ2v) is 5.61. The zero-order chi connectivity index (χ0) is 15.3. The Bertz CT molecular complexity index is 663. The maximum atomic E-state index is 12.0. The first-order valence-electron chi connectivity index (χ1n) is 5.63. The number of aryl methyl sites for hydroxylation is 1. The largest absolute Gasteiger partial charge is 0.463 e. The van der Waals surface area contributed by atoms with Gasteiger partial charge in [-0.05, 0) is 19.4 Å². The number of nitro groups is 1. The molecule has 0 saturated carbocycles. The molecule has 0 saturated heterocycles. The third-order valence-electron chi connectivity index (χ3n) is 2.36. The molecular weight excluding hydrogens is 286 g/mol. The number of carbonyl (C=O) groups is 1. The summed E-state index contributed by atoms with van der Waals surface area (Å²) in [4.78, 5) is 20.9. The molecule has 8 heteroatoms. The van der Waals surface area contributed by atoms with Crippen molar-refractivity contribution in [2.45, 2.75) is 18.7 Å². The maximum absolute atomic E-state index is 12.0. The van der Waals surface area contributed by atoms with Gasteiger partial charge in [-0.1, -0.05) is 6.07 Å². The van der Waals surface area contributed by atoms with E-state index >= 15 is 0 Å². The molecule has 1 aromatic carbocycles. The van der Waals surface area contributed by atoms with Crippen molar-refractivity contribution in [1.29, 1.82) is 0 Å². The summed E-state index contributed by atoms with van der Waals surface area (Å²) in [5.41, 5.74) is 0.0165. The summed E-state index contributed by atoms with van der Waals surface area (Å²) in [6.45, 7) is 3.22. The third kappa shape index (κ3) is 3.89. The Morgan fingerprint density at radius 3 is 2.65 bits per heavy atom. The van der Waals surface area contributed by atoms with Crippen molar-refractivity contribution < 1.29 is 22.9 Å². The van der Waals surface area contributed by atoms with Crippen LogP contribution in [0.4, 0.5) is 5.69 Å². The smallest absolute Gasteiger partial charge is 0.331 e. The van der Waals surface area contributed by atoms with Gasteiger partial charge in [0.15, 0.2) is 0 Å². The Kier molecular flexibility index (Phi) is 4.98. The second kappa shape index (κ2) is 6.29. The molecule has 0 aromatic heterocycles. The predicted octanol–water partition coefficient (Wildman–Crippen LogP) is 1.75. The number of non-ortho nitro benzene ring substituents is 1. The van der Waals surface area contributed by atoms with E-state index in [0.717, 1.165) is 12.1 Å². The maximum Gasteiger partial charge on any atom is 0.331 e. The zero-order valence-corrected chi connectivity index (χ0v) is 11.7. The number of hydrogen-bond acceptors (Lipinski definition) is 6. The van der Waals surface area contributed by atoms with Crippen molar-refractivity contribution in [3.8, 4) is 0 Å². The summed E-state index contributed by atoms with van der Waals surface area (Å²) in [6, 6.07) is 3.51. The quantitative estimate of drug-likeness (QED) is 0.355. The van der Waals surface area contributed by atoms with Crippen LogP contribution in [-0.4, -0.2) is 25.9 Å². The summed E-state index contributed by atoms with van der Waals surface area (Å²) in [6.07, 6.45) is 0.775. The van der Waals surface area contributed by atoms with Crippen LogP contribution in [0.25, 0.3) is 0 Å². The third-order valence-corrected chi connectivity index (χ3v) is 3.91. The van der Waals surface area contributed by atoms with Crippen LogP contribution in [0.15, 0.2) is 34.6 Å². The van der Waals surface area contributed by atoms with Gasteiger partial charge < -0.3 is 4.74 Å². The van der Waals surface area contributed by atoms with Crippen LogP contribution in [0.3, 0.4) is 0 Å². The fraction of sp³-hybridized carbons (Fsp3) is 0.250. The first kappa shape index (κ1) is 15.8. The summed E-state index contributed by atoms with van der Waals surface area (Å²) in [7, 11) is -3.95. The van der Waals surface area contributed by atoms with Gasteiger partial charge in [0.25, 0.3) is 5.69 Å². The Hall–Kier alpha value is -2.22. The molecule has 0 amide bonds. The molecule has 7 nitrogen and oxygen atoms in total. The van der Waals surface area contributed by atoms with Crippen LogP contribution in [0.1, 0.15) is 12.5 Å². The first-order valence-corrected chi connectivity index (χ1v) is 7.17. The zero-order valence-electron chi connectivity index (χ0n) is 10.9. The van der Waals surface area contributed by atoms with Crippen molar-refractivity contribution in [2.24, 2.45) is 0 Å². The van der Waals surface area contributed by atoms with E-state index < -0.39 is 20.7 Å². The van der Waals surface area contributed by atoms with E-state index in [1.165, 1.54) is 19.1 Å². The molecule has 0 aliphatic rings. The molecule has 108 valence electrons. The van der Waals surface area contributed by atoms with Gasteiger partial charge in [0.1, 0.15) is 0 Å². The molecule has 0 fully saturated rings. The Balaban J connectivity index is 3.18. The van der Waals surface area contributed by atoms with Crippen LogP contribution in [0, 0.1) is 17.0 Å². The molecular formula is C12H13NO6S. The van der Waals surface area contributed by atoms with Crippen molar-refractivity contribution >= 4 is 21.5 Å². The second-order valence-electron chi connectivity index (χ2n) is 3.81. The van der Waals surface area contributed by atoms with E-state index in [0.29, 0.717) is 11.0 Å². The highest BCUT2D eigenvalue weighted by atomic mass is 32.2. The van der Waals surface area contributed by atoms with Crippen molar-refractivity contribution in [3.63, 3.8) is 0 Å². The minimum Gasteiger partial charge on any atom is -0.463 e. The summed E-state index contributed by atoms with van der Waals surface area (Å²) >= 11 is 0. The number of rotatable bonds is 5. The van der Waals surface area contributed by atoms with Crippen molar-refractivity contribution in [2.75, 3.05) is 6.61 Å². The minimum atomic E-state index is -3.95. The van der Waals surface area contributed by atoms with E-state index in [4.69, 9.17) is 0 Å². The average molecular weight is 299 g/mol. The fourth-order valence-corrected chi connectivity index (χ4v) is 2.66. The Labute approximate surface area is 115 Å². The number of carbonyl (C=O) groups excluding carboxylic acids is 1. The monoisotopic (exact) mass is 299 g/mol. The van der Waals surface area contributed by atoms with Crippen LogP contribution < -0.4 is 0 Å². The van der Waals surface area contributed by atoms with E-state index in [9.17, 15) is 23.3 Å². The predicted molar refractivity (Wildman–Crippen MR) is 70.8 cm³/mol. The molecule has 0 aliphatic carbocycles. The normalized spacial score (nSPS) is 11.5. The number of ether oxygens (including phenoxy) is 1. The van der Waals surface area contributed by atoms with Crippen LogP contribution in [-0.2, 0) is 19.4 Å². The highest BCUT2D eigenvalue weighted by Crippen LogP contribution is 2.23. The summed E-state index contributed by atoms with van der Waals surface area (Å²) < 4.78 is 28.6. The molecule has 0 unspecified atom stereocenters. The van der Waals surface area contributed by atoms with Crippen LogP contribution in [0.5, 0.6) is 0 Å². The Morgan fingerprint density at radius 2 is 2.10 bits per heavy atom. The van der Waals surface area contributed by atoms with Gasteiger partial charge in [-0.25, -0.2) is 13.2 Å². The molecule has 0 aliphatic heterocycles. The van der Waals surface area contributed by atoms with E-state index in [2.05, 4.69) is 4.74 Å². The molecule has 0 spiro atoms. The number of esters is 1. The molecule has 0 N–H and O–H groups in total. The molecule has 1 rings (SSSR count). The van der Waals surface area contributed by atoms with Gasteiger partial charge in [-0.3, -0.25) is 10.1 Å². The molecule has 0 radical (unpaired) electrons. The number of sulfone groups is 1. The lowest BCUT2D eigenvalue weighted by atomic mass is 10.2. The lowest BCUT2D eigenvalue weighted by Crippen LogP contribution is -2.04. The fourth-order valence-electron chi connectivity index (χ4n) is 1.42. The van der Waals surface area contributed by atoms with Gasteiger partial charge in [-0.15, -0.1) is 0 Å². The van der Waals surface area contributed by atoms with Crippen molar-refractivity contribution in [3.05, 3.63) is 45.4 Å². The van der Waals surface area contributed by atoms with Gasteiger partial charge in [0.2, 0.25) is 9.84 Å². The first-order chi connectivity index (χ1) is 9.27. The van der Waals surface area contributed by atoms with Crippen LogP contribution >= 0.6 is 0 Å². The average Bonchev–Trinajstić information content (AvgIpc) is 2.37. The van der Waals surface area contributed by atoms with E-state index in [1.807, 2.05) is 0 Å². The minimum absolute atomic E-state index is 0.124. The lowest BCUT2D eigenvalue weighted by molar-refractivity contribution is -0.385. The SMILES string of the molecule is CCOC(=O)/C=C\S(=O)(=O)c1cc([N+](=O)[O-])ccc1C. The number of hydrogen-bond donors (Lipinski definition) is 0. The molecule has 0 atom stereocenters. The van der Waals surface area contributed by atoms with E-state index in [-0.39, 0.29) is 17.2 Å². The number of benzene rings is 1. The van der Waals surface area contributed by atoms with Gasteiger partial charge in [-0.2, -0.15) is 0 Å². The van der Waals surface area contributed by atoms with Gasteiger partial charge in [0, 0.05) is 23.6 Å². The summed E-state index contributed by atoms with van der Waals surface area (Å²) in [5, 5.41) is 11.3. The highest BCUT2D eigenvalue weighted by Gasteiger charge is 2.18. The number of nitro benzene ring substituents is 1. The lowest BCUT2D eigenvalue weighted by Gasteiger charge is -2.03. The highest BCUT2D eigenvalue weighted by molar-refractivity contribution is 7.94. The van der Waals surface area contributed by atoms with Crippen molar-refractivity contribution in [1.82, 2.24) is 0 Å². The van der Waals surface area contributed by atoms with Gasteiger partial charge in [0.05, 0.1) is 16.4 Å². The topological polar surface area (TPSA) is 104 Å². The van der Waals surface area contributed by atoms with E-state index in [1.54, 1.807) is 6.92 Å². The molecule has 20 heavy (non-hydrogen) atoms. The van der Waals surface area contributed by atoms with Gasteiger partial charge >= 0.3 is 5.97 Å². The molecule has 0 bridgehead atoms. The summed E-state index contributed by atoms with van der Waals surface area (Å²) in [5.74, 6) is -0.792. The molecule has 1 aromatic rings. The molecule has 0 heterocycles. The standard InChI is InChI=1S/C12H13NO6S/c1-3-19-12(14)6-7-20(17,18)11-8-10(13(15)16)5-4-9(11)2/h4-8H,3H2,1-2H3/b7-6-. The Morgan fingerprint density at radius 1 is 1.45 bits per heavy atom.